The Morgan fingerprint density at radius 3 is 2.31 bits per heavy atom. The number of phenols is 1. The third kappa shape index (κ3) is 7.06. The van der Waals surface area contributed by atoms with E-state index in [0.29, 0.717) is 5.56 Å². The Morgan fingerprint density at radius 1 is 0.944 bits per heavy atom. The van der Waals surface area contributed by atoms with Gasteiger partial charge in [-0.05, 0) is 36.2 Å². The Bertz CT molecular complexity index is 1240. The summed E-state index contributed by atoms with van der Waals surface area (Å²) < 4.78 is 0. The van der Waals surface area contributed by atoms with Crippen LogP contribution in [0.1, 0.15) is 18.1 Å². The normalized spacial score (nSPS) is 13.4. The van der Waals surface area contributed by atoms with Crippen molar-refractivity contribution in [3.05, 3.63) is 65.9 Å². The van der Waals surface area contributed by atoms with Crippen LogP contribution < -0.4 is 21.7 Å². The van der Waals surface area contributed by atoms with E-state index in [0.717, 1.165) is 16.5 Å². The second-order valence-corrected chi connectivity index (χ2v) is 8.46. The Hall–Kier alpha value is -4.38. The Kier molecular flexibility index (Phi) is 8.63. The van der Waals surface area contributed by atoms with Crippen molar-refractivity contribution in [2.75, 3.05) is 6.54 Å². The molecule has 36 heavy (non-hydrogen) atoms. The van der Waals surface area contributed by atoms with E-state index in [1.807, 2.05) is 24.3 Å². The molecule has 190 valence electrons. The summed E-state index contributed by atoms with van der Waals surface area (Å²) >= 11 is 0. The maximum Gasteiger partial charge on any atom is 0.326 e. The first-order valence-corrected chi connectivity index (χ1v) is 11.3. The molecule has 11 nitrogen and oxygen atoms in total. The minimum Gasteiger partial charge on any atom is -0.508 e. The van der Waals surface area contributed by atoms with Crippen molar-refractivity contribution in [2.45, 2.75) is 37.9 Å². The molecule has 1 heterocycles. The quantitative estimate of drug-likeness (QED) is 0.198. The molecule has 11 heteroatoms. The molecule has 0 aliphatic carbocycles. The van der Waals surface area contributed by atoms with Crippen molar-refractivity contribution in [2.24, 2.45) is 5.73 Å². The zero-order valence-electron chi connectivity index (χ0n) is 19.7. The highest BCUT2D eigenvalue weighted by atomic mass is 16.4. The van der Waals surface area contributed by atoms with Gasteiger partial charge in [-0.2, -0.15) is 0 Å². The first-order chi connectivity index (χ1) is 17.1. The topological polar surface area (TPSA) is 187 Å². The number of carboxylic acid groups (broad SMARTS) is 1. The number of carbonyl (C=O) groups excluding carboxylic acids is 3. The van der Waals surface area contributed by atoms with E-state index in [1.165, 1.54) is 19.1 Å². The SMILES string of the molecule is CC(N)C(=O)NC(Cc1ccc(O)cc1)C(=O)NCC(=O)NC(Cc1c[nH]c2ccccc12)C(=O)O. The fourth-order valence-corrected chi connectivity index (χ4v) is 3.64. The molecule has 8 N–H and O–H groups in total. The number of nitrogens with two attached hydrogens (primary N) is 1. The number of aliphatic carboxylic acids is 1. The molecular weight excluding hydrogens is 466 g/mol. The smallest absolute Gasteiger partial charge is 0.326 e. The van der Waals surface area contributed by atoms with Gasteiger partial charge in [-0.3, -0.25) is 14.4 Å². The monoisotopic (exact) mass is 495 g/mol. The van der Waals surface area contributed by atoms with Gasteiger partial charge in [0.2, 0.25) is 17.7 Å². The highest BCUT2D eigenvalue weighted by molar-refractivity contribution is 5.93. The molecule has 0 spiro atoms. The number of rotatable bonds is 11. The number of hydrogen-bond donors (Lipinski definition) is 7. The Balaban J connectivity index is 1.61. The number of aromatic nitrogens is 1. The number of phenolic OH excluding ortho intramolecular Hbond substituents is 1. The van der Waals surface area contributed by atoms with Gasteiger partial charge >= 0.3 is 5.97 Å². The van der Waals surface area contributed by atoms with Crippen molar-refractivity contribution < 1.29 is 29.4 Å². The molecule has 0 bridgehead atoms. The summed E-state index contributed by atoms with van der Waals surface area (Å²) in [5, 5.41) is 27.3. The number of amides is 3. The highest BCUT2D eigenvalue weighted by Crippen LogP contribution is 2.19. The van der Waals surface area contributed by atoms with E-state index in [-0.39, 0.29) is 18.6 Å². The number of hydrogen-bond acceptors (Lipinski definition) is 6. The molecule has 0 aliphatic rings. The second kappa shape index (κ2) is 11.8. The van der Waals surface area contributed by atoms with Crippen molar-refractivity contribution in [1.82, 2.24) is 20.9 Å². The molecule has 0 aliphatic heterocycles. The summed E-state index contributed by atoms with van der Waals surface area (Å²) in [6.07, 6.45) is 1.83. The summed E-state index contributed by atoms with van der Waals surface area (Å²) in [5.41, 5.74) is 7.84. The Labute approximate surface area is 207 Å². The zero-order chi connectivity index (χ0) is 26.2. The van der Waals surface area contributed by atoms with Crippen LogP contribution in [0.2, 0.25) is 0 Å². The zero-order valence-corrected chi connectivity index (χ0v) is 19.7. The van der Waals surface area contributed by atoms with Gasteiger partial charge in [0.05, 0.1) is 12.6 Å². The summed E-state index contributed by atoms with van der Waals surface area (Å²) in [6.45, 7) is 0.981. The van der Waals surface area contributed by atoms with E-state index in [9.17, 15) is 29.4 Å². The molecule has 1 aromatic heterocycles. The van der Waals surface area contributed by atoms with Gasteiger partial charge in [0.1, 0.15) is 17.8 Å². The predicted molar refractivity (Wildman–Crippen MR) is 132 cm³/mol. The first kappa shape index (κ1) is 26.2. The van der Waals surface area contributed by atoms with Gasteiger partial charge in [0.25, 0.3) is 0 Å². The lowest BCUT2D eigenvalue weighted by Crippen LogP contribution is -2.54. The summed E-state index contributed by atoms with van der Waals surface area (Å²) in [7, 11) is 0. The van der Waals surface area contributed by atoms with Gasteiger partial charge in [-0.25, -0.2) is 4.79 Å². The van der Waals surface area contributed by atoms with Gasteiger partial charge in [0, 0.05) is 29.9 Å². The lowest BCUT2D eigenvalue weighted by molar-refractivity contribution is -0.141. The van der Waals surface area contributed by atoms with Crippen LogP contribution in [0, 0.1) is 0 Å². The van der Waals surface area contributed by atoms with Crippen LogP contribution in [0.3, 0.4) is 0 Å². The standard InChI is InChI=1S/C25H29N5O6/c1-14(26)23(33)30-20(10-15-6-8-17(31)9-7-15)24(34)28-13-22(32)29-21(25(35)36)11-16-12-27-19-5-3-2-4-18(16)19/h2-9,12,14,20-21,27,31H,10-11,13,26H2,1H3,(H,28,34)(H,29,32)(H,30,33)(H,35,36). The number of aromatic hydroxyl groups is 1. The molecule has 0 radical (unpaired) electrons. The van der Waals surface area contributed by atoms with Crippen LogP contribution in [-0.2, 0) is 32.0 Å². The van der Waals surface area contributed by atoms with Crippen LogP contribution in [0.4, 0.5) is 0 Å². The predicted octanol–water partition coefficient (Wildman–Crippen LogP) is 0.176. The van der Waals surface area contributed by atoms with E-state index >= 15 is 0 Å². The van der Waals surface area contributed by atoms with E-state index in [2.05, 4.69) is 20.9 Å². The third-order valence-corrected chi connectivity index (χ3v) is 5.58. The second-order valence-electron chi connectivity index (χ2n) is 8.46. The maximum atomic E-state index is 12.8. The van der Waals surface area contributed by atoms with E-state index in [1.54, 1.807) is 18.3 Å². The van der Waals surface area contributed by atoms with Gasteiger partial charge < -0.3 is 36.9 Å². The van der Waals surface area contributed by atoms with Gasteiger partial charge in [-0.1, -0.05) is 30.3 Å². The average Bonchev–Trinajstić information content (AvgIpc) is 3.25. The van der Waals surface area contributed by atoms with Crippen molar-refractivity contribution in [3.8, 4) is 5.75 Å². The summed E-state index contributed by atoms with van der Waals surface area (Å²) in [5.74, 6) is -3.05. The van der Waals surface area contributed by atoms with E-state index in [4.69, 9.17) is 5.73 Å². The van der Waals surface area contributed by atoms with Crippen LogP contribution in [-0.4, -0.2) is 63.6 Å². The molecule has 3 amide bonds. The van der Waals surface area contributed by atoms with Crippen molar-refractivity contribution >= 4 is 34.6 Å². The summed E-state index contributed by atoms with van der Waals surface area (Å²) in [6, 6.07) is 10.4. The molecular formula is C25H29N5O6. The van der Waals surface area contributed by atoms with Crippen molar-refractivity contribution in [3.63, 3.8) is 0 Å². The molecule has 0 fully saturated rings. The lowest BCUT2D eigenvalue weighted by Gasteiger charge is -2.20. The molecule has 0 saturated carbocycles. The van der Waals surface area contributed by atoms with Crippen LogP contribution >= 0.6 is 0 Å². The third-order valence-electron chi connectivity index (χ3n) is 5.58. The van der Waals surface area contributed by atoms with E-state index < -0.39 is 48.4 Å². The maximum absolute atomic E-state index is 12.8. The van der Waals surface area contributed by atoms with Crippen molar-refractivity contribution in [1.29, 1.82) is 0 Å². The van der Waals surface area contributed by atoms with Crippen LogP contribution in [0.25, 0.3) is 10.9 Å². The van der Waals surface area contributed by atoms with Crippen LogP contribution in [0.15, 0.2) is 54.7 Å². The van der Waals surface area contributed by atoms with Gasteiger partial charge in [0.15, 0.2) is 0 Å². The number of aromatic amines is 1. The molecule has 3 aromatic rings. The average molecular weight is 496 g/mol. The van der Waals surface area contributed by atoms with Gasteiger partial charge in [-0.15, -0.1) is 0 Å². The molecule has 3 atom stereocenters. The number of para-hydroxylation sites is 1. The highest BCUT2D eigenvalue weighted by Gasteiger charge is 2.25. The Morgan fingerprint density at radius 2 is 1.64 bits per heavy atom. The number of carbonyl (C=O) groups is 4. The molecule has 3 unspecified atom stereocenters. The fourth-order valence-electron chi connectivity index (χ4n) is 3.64. The minimum absolute atomic E-state index is 0.0486. The number of nitrogens with one attached hydrogen (secondary N) is 4. The number of fused-ring (bicyclic) bond motifs is 1. The first-order valence-electron chi connectivity index (χ1n) is 11.3. The molecule has 0 saturated heterocycles. The minimum atomic E-state index is -1.21. The van der Waals surface area contributed by atoms with Crippen LogP contribution in [0.5, 0.6) is 5.75 Å². The largest absolute Gasteiger partial charge is 0.508 e. The fraction of sp³-hybridized carbons (Fsp3) is 0.280. The molecule has 2 aromatic carbocycles. The lowest BCUT2D eigenvalue weighted by atomic mass is 10.0. The number of carboxylic acids is 1. The number of benzene rings is 2. The summed E-state index contributed by atoms with van der Waals surface area (Å²) in [4.78, 5) is 52.2. The molecule has 3 rings (SSSR count). The number of H-pyrrole nitrogens is 1.